The monoisotopic (exact) mass is 236 g/mol. The van der Waals surface area contributed by atoms with Gasteiger partial charge in [0.2, 0.25) is 5.95 Å². The zero-order valence-electron chi connectivity index (χ0n) is 8.84. The Bertz CT molecular complexity index is 459. The van der Waals surface area contributed by atoms with Crippen LogP contribution in [0, 0.1) is 6.92 Å². The molecular formula is C11H13ClN4. The molecule has 3 N–H and O–H groups in total. The molecule has 2 aromatic rings. The van der Waals surface area contributed by atoms with Crippen LogP contribution in [0.1, 0.15) is 5.56 Å². The van der Waals surface area contributed by atoms with Crippen molar-refractivity contribution in [3.63, 3.8) is 0 Å². The van der Waals surface area contributed by atoms with Crippen LogP contribution in [0.5, 0.6) is 0 Å². The Morgan fingerprint density at radius 2 is 1.88 bits per heavy atom. The summed E-state index contributed by atoms with van der Waals surface area (Å²) in [5.41, 5.74) is 8.51. The van der Waals surface area contributed by atoms with Gasteiger partial charge in [0, 0.05) is 23.8 Å². The molecule has 0 bridgehead atoms. The lowest BCUT2D eigenvalue weighted by Crippen LogP contribution is -1.97. The summed E-state index contributed by atoms with van der Waals surface area (Å²) < 4.78 is 0. The fraction of sp³-hybridized carbons (Fsp3) is 0.0909. The molecule has 0 aliphatic rings. The Kier molecular flexibility index (Phi) is 4.08. The molecule has 0 saturated heterocycles. The van der Waals surface area contributed by atoms with Crippen molar-refractivity contribution in [2.75, 3.05) is 11.1 Å². The maximum atomic E-state index is 5.79. The maximum Gasteiger partial charge on any atom is 0.227 e. The molecule has 0 saturated carbocycles. The Morgan fingerprint density at radius 3 is 2.50 bits per heavy atom. The Balaban J connectivity index is 0.00000128. The molecule has 0 radical (unpaired) electrons. The predicted molar refractivity (Wildman–Crippen MR) is 68.2 cm³/mol. The minimum absolute atomic E-state index is 0. The Morgan fingerprint density at radius 1 is 1.19 bits per heavy atom. The lowest BCUT2D eigenvalue weighted by molar-refractivity contribution is 1.17. The highest BCUT2D eigenvalue weighted by molar-refractivity contribution is 5.85. The van der Waals surface area contributed by atoms with Crippen LogP contribution in [0.3, 0.4) is 0 Å². The zero-order chi connectivity index (χ0) is 10.7. The molecule has 1 heterocycles. The smallest absolute Gasteiger partial charge is 0.227 e. The van der Waals surface area contributed by atoms with E-state index in [-0.39, 0.29) is 12.4 Å². The van der Waals surface area contributed by atoms with Crippen LogP contribution in [0.25, 0.3) is 0 Å². The van der Waals surface area contributed by atoms with E-state index in [1.54, 1.807) is 18.5 Å². The lowest BCUT2D eigenvalue weighted by atomic mass is 10.2. The number of hydrogen-bond donors (Lipinski definition) is 2. The summed E-state index contributed by atoms with van der Waals surface area (Å²) in [6.45, 7) is 1.97. The van der Waals surface area contributed by atoms with Crippen LogP contribution in [0.2, 0.25) is 0 Å². The number of rotatable bonds is 2. The van der Waals surface area contributed by atoms with Crippen LogP contribution < -0.4 is 11.1 Å². The first-order valence-electron chi connectivity index (χ1n) is 4.66. The van der Waals surface area contributed by atoms with Crippen LogP contribution in [0.15, 0.2) is 36.7 Å². The molecule has 1 aromatic carbocycles. The maximum absolute atomic E-state index is 5.79. The number of nitrogens with two attached hydrogens (primary N) is 1. The number of anilines is 3. The molecule has 84 valence electrons. The normalized spacial score (nSPS) is 9.31. The molecular weight excluding hydrogens is 224 g/mol. The van der Waals surface area contributed by atoms with Gasteiger partial charge >= 0.3 is 0 Å². The van der Waals surface area contributed by atoms with Crippen LogP contribution in [-0.2, 0) is 0 Å². The van der Waals surface area contributed by atoms with E-state index in [4.69, 9.17) is 5.73 Å². The molecule has 0 spiro atoms. The van der Waals surface area contributed by atoms with Crippen LogP contribution in [0.4, 0.5) is 17.3 Å². The van der Waals surface area contributed by atoms with E-state index in [9.17, 15) is 0 Å². The molecule has 0 aliphatic carbocycles. The molecule has 0 fully saturated rings. The molecule has 0 atom stereocenters. The van der Waals surface area contributed by atoms with Gasteiger partial charge in [-0.3, -0.25) is 0 Å². The van der Waals surface area contributed by atoms with Gasteiger partial charge in [-0.05, 0) is 30.7 Å². The lowest BCUT2D eigenvalue weighted by Gasteiger charge is -2.06. The third-order valence-corrected chi connectivity index (χ3v) is 2.10. The first-order chi connectivity index (χ1) is 7.25. The van der Waals surface area contributed by atoms with Crippen LogP contribution >= 0.6 is 12.4 Å². The minimum Gasteiger partial charge on any atom is -0.398 e. The molecule has 1 aromatic heterocycles. The van der Waals surface area contributed by atoms with Crippen molar-refractivity contribution >= 4 is 29.7 Å². The van der Waals surface area contributed by atoms with Gasteiger partial charge in [-0.25, -0.2) is 9.97 Å². The summed E-state index contributed by atoms with van der Waals surface area (Å²) in [4.78, 5) is 8.13. The average molecular weight is 237 g/mol. The van der Waals surface area contributed by atoms with E-state index in [0.717, 1.165) is 16.9 Å². The quantitative estimate of drug-likeness (QED) is 0.787. The van der Waals surface area contributed by atoms with Crippen molar-refractivity contribution in [1.29, 1.82) is 0 Å². The summed E-state index contributed by atoms with van der Waals surface area (Å²) in [6.07, 6.45) is 3.37. The molecule has 16 heavy (non-hydrogen) atoms. The number of nitrogens with one attached hydrogen (secondary N) is 1. The Hall–Kier alpha value is -1.81. The molecule has 4 nitrogen and oxygen atoms in total. The van der Waals surface area contributed by atoms with Gasteiger partial charge in [0.1, 0.15) is 0 Å². The number of aromatic nitrogens is 2. The topological polar surface area (TPSA) is 63.8 Å². The second kappa shape index (κ2) is 5.32. The van der Waals surface area contributed by atoms with E-state index < -0.39 is 0 Å². The summed E-state index contributed by atoms with van der Waals surface area (Å²) in [5.74, 6) is 0.570. The fourth-order valence-electron chi connectivity index (χ4n) is 1.21. The molecule has 0 aliphatic heterocycles. The second-order valence-corrected chi connectivity index (χ2v) is 3.27. The number of aryl methyl sites for hydroxylation is 1. The first kappa shape index (κ1) is 12.3. The predicted octanol–water partition coefficient (Wildman–Crippen LogP) is 2.53. The van der Waals surface area contributed by atoms with Gasteiger partial charge < -0.3 is 11.1 Å². The summed E-state index contributed by atoms with van der Waals surface area (Å²) in [5, 5.41) is 3.07. The van der Waals surface area contributed by atoms with E-state index in [1.165, 1.54) is 0 Å². The third kappa shape index (κ3) is 2.84. The Labute approximate surface area is 100 Å². The average Bonchev–Trinajstić information content (AvgIpc) is 2.25. The molecule has 0 unspecified atom stereocenters. The molecule has 0 amide bonds. The molecule has 2 rings (SSSR count). The third-order valence-electron chi connectivity index (χ3n) is 2.10. The highest BCUT2D eigenvalue weighted by atomic mass is 35.5. The highest BCUT2D eigenvalue weighted by Gasteiger charge is 1.98. The first-order valence-corrected chi connectivity index (χ1v) is 4.66. The van der Waals surface area contributed by atoms with Gasteiger partial charge in [-0.15, -0.1) is 12.4 Å². The summed E-state index contributed by atoms with van der Waals surface area (Å²) >= 11 is 0. The number of nitrogens with zero attached hydrogens (tertiary/aromatic N) is 2. The van der Waals surface area contributed by atoms with Gasteiger partial charge in [0.25, 0.3) is 0 Å². The molecule has 5 heteroatoms. The van der Waals surface area contributed by atoms with E-state index in [2.05, 4.69) is 15.3 Å². The number of benzene rings is 1. The number of hydrogen-bond acceptors (Lipinski definition) is 4. The van der Waals surface area contributed by atoms with Gasteiger partial charge in [0.05, 0.1) is 0 Å². The van der Waals surface area contributed by atoms with E-state index >= 15 is 0 Å². The van der Waals surface area contributed by atoms with Gasteiger partial charge in [0.15, 0.2) is 0 Å². The van der Waals surface area contributed by atoms with Crippen molar-refractivity contribution in [1.82, 2.24) is 9.97 Å². The van der Waals surface area contributed by atoms with E-state index in [1.807, 2.05) is 25.1 Å². The SMILES string of the molecule is Cc1ccc(Nc2ncccn2)cc1N.Cl. The van der Waals surface area contributed by atoms with E-state index in [0.29, 0.717) is 5.95 Å². The second-order valence-electron chi connectivity index (χ2n) is 3.27. The fourth-order valence-corrected chi connectivity index (χ4v) is 1.21. The standard InChI is InChI=1S/C11H12N4.ClH/c1-8-3-4-9(7-10(8)12)15-11-13-5-2-6-14-11;/h2-7H,12H2,1H3,(H,13,14,15);1H. The van der Waals surface area contributed by atoms with Crippen LogP contribution in [-0.4, -0.2) is 9.97 Å². The van der Waals surface area contributed by atoms with Gasteiger partial charge in [-0.2, -0.15) is 0 Å². The largest absolute Gasteiger partial charge is 0.398 e. The van der Waals surface area contributed by atoms with Crippen molar-refractivity contribution in [2.45, 2.75) is 6.92 Å². The van der Waals surface area contributed by atoms with Crippen molar-refractivity contribution in [3.05, 3.63) is 42.2 Å². The van der Waals surface area contributed by atoms with Gasteiger partial charge in [-0.1, -0.05) is 6.07 Å². The highest BCUT2D eigenvalue weighted by Crippen LogP contribution is 2.18. The van der Waals surface area contributed by atoms with Crippen molar-refractivity contribution in [3.8, 4) is 0 Å². The summed E-state index contributed by atoms with van der Waals surface area (Å²) in [7, 11) is 0. The zero-order valence-corrected chi connectivity index (χ0v) is 9.66. The minimum atomic E-state index is 0. The number of halogens is 1. The number of nitrogen functional groups attached to an aromatic ring is 1. The van der Waals surface area contributed by atoms with Crippen molar-refractivity contribution < 1.29 is 0 Å². The summed E-state index contributed by atoms with van der Waals surface area (Å²) in [6, 6.07) is 7.54. The van der Waals surface area contributed by atoms with Crippen molar-refractivity contribution in [2.24, 2.45) is 0 Å².